The summed E-state index contributed by atoms with van der Waals surface area (Å²) < 4.78 is 0. The van der Waals surface area contributed by atoms with E-state index < -0.39 is 5.54 Å². The van der Waals surface area contributed by atoms with Gasteiger partial charge in [0.1, 0.15) is 0 Å². The fraction of sp³-hybridized carbons (Fsp3) is 0.667. The Morgan fingerprint density at radius 2 is 1.88 bits per heavy atom. The quantitative estimate of drug-likeness (QED) is 0.862. The second-order valence-corrected chi connectivity index (χ2v) is 7.98. The molecule has 0 bridgehead atoms. The number of hydrogen-bond acceptors (Lipinski definition) is 3. The summed E-state index contributed by atoms with van der Waals surface area (Å²) >= 11 is 0. The van der Waals surface area contributed by atoms with E-state index in [1.54, 1.807) is 0 Å². The highest BCUT2D eigenvalue weighted by molar-refractivity contribution is 5.86. The van der Waals surface area contributed by atoms with E-state index in [9.17, 15) is 4.79 Å². The predicted octanol–water partition coefficient (Wildman–Crippen LogP) is 3.34. The maximum Gasteiger partial charge on any atom is 0.240 e. The van der Waals surface area contributed by atoms with Gasteiger partial charge in [0.15, 0.2) is 0 Å². The van der Waals surface area contributed by atoms with Gasteiger partial charge in [-0.1, -0.05) is 49.9 Å². The highest BCUT2D eigenvalue weighted by Gasteiger charge is 2.35. The molecule has 1 aromatic rings. The topological polar surface area (TPSA) is 58.4 Å². The molecule has 4 nitrogen and oxygen atoms in total. The molecule has 0 aromatic heterocycles. The molecule has 1 aliphatic carbocycles. The number of rotatable bonds is 5. The van der Waals surface area contributed by atoms with E-state index in [1.807, 2.05) is 0 Å². The van der Waals surface area contributed by atoms with Gasteiger partial charge in [-0.15, -0.1) is 0 Å². The molecule has 0 radical (unpaired) electrons. The van der Waals surface area contributed by atoms with Gasteiger partial charge < -0.3 is 11.1 Å². The number of likely N-dealkylation sites (tertiary alicyclic amines) is 1. The summed E-state index contributed by atoms with van der Waals surface area (Å²) in [5.74, 6) is 0.0216. The Kier molecular flexibility index (Phi) is 6.13. The molecule has 1 saturated heterocycles. The van der Waals surface area contributed by atoms with Crippen LogP contribution in [0.3, 0.4) is 0 Å². The van der Waals surface area contributed by atoms with Gasteiger partial charge in [0.2, 0.25) is 5.91 Å². The number of piperidine rings is 1. The van der Waals surface area contributed by atoms with Crippen LogP contribution < -0.4 is 11.1 Å². The van der Waals surface area contributed by atoms with Crippen molar-refractivity contribution in [1.29, 1.82) is 0 Å². The van der Waals surface area contributed by atoms with E-state index in [2.05, 4.69) is 41.4 Å². The highest BCUT2D eigenvalue weighted by Crippen LogP contribution is 2.26. The van der Waals surface area contributed by atoms with Gasteiger partial charge in [0, 0.05) is 19.1 Å². The molecule has 25 heavy (non-hydrogen) atoms. The number of hydrogen-bond donors (Lipinski definition) is 2. The minimum absolute atomic E-state index is 0.0216. The number of carbonyl (C=O) groups excluding carboxylic acids is 1. The van der Waals surface area contributed by atoms with Crippen LogP contribution >= 0.6 is 0 Å². The van der Waals surface area contributed by atoms with Crippen molar-refractivity contribution in [3.63, 3.8) is 0 Å². The lowest BCUT2D eigenvalue weighted by Gasteiger charge is -2.34. The van der Waals surface area contributed by atoms with Crippen LogP contribution in [0.1, 0.15) is 69.4 Å². The summed E-state index contributed by atoms with van der Waals surface area (Å²) in [5, 5.41) is 3.12. The lowest BCUT2D eigenvalue weighted by molar-refractivity contribution is -0.127. The van der Waals surface area contributed by atoms with E-state index in [1.165, 1.54) is 43.4 Å². The van der Waals surface area contributed by atoms with Crippen LogP contribution in [0, 0.1) is 0 Å². The number of nitrogens with one attached hydrogen (secondary N) is 1. The molecule has 1 atom stereocenters. The number of carbonyl (C=O) groups is 1. The zero-order valence-electron chi connectivity index (χ0n) is 15.6. The van der Waals surface area contributed by atoms with Crippen molar-refractivity contribution in [2.24, 2.45) is 5.73 Å². The normalized spacial score (nSPS) is 24.0. The van der Waals surface area contributed by atoms with Crippen molar-refractivity contribution < 1.29 is 4.79 Å². The van der Waals surface area contributed by atoms with E-state index in [0.29, 0.717) is 12.6 Å². The molecular formula is C21H33N3O. The molecule has 0 spiro atoms. The van der Waals surface area contributed by atoms with Crippen molar-refractivity contribution in [3.8, 4) is 0 Å². The van der Waals surface area contributed by atoms with Crippen LogP contribution in [-0.4, -0.2) is 28.9 Å². The minimum atomic E-state index is -0.658. The summed E-state index contributed by atoms with van der Waals surface area (Å²) in [4.78, 5) is 15.2. The molecule has 138 valence electrons. The minimum Gasteiger partial charge on any atom is -0.350 e. The first-order valence-corrected chi connectivity index (χ1v) is 9.96. The number of benzene rings is 1. The summed E-state index contributed by atoms with van der Waals surface area (Å²) in [6, 6.07) is 9.13. The second kappa shape index (κ2) is 8.33. The average molecular weight is 344 g/mol. The SMILES string of the molecule is CC1CCCCN1Cc1ccccc1CNC(=O)C1(N)CCCCC1. The Bertz CT molecular complexity index is 580. The smallest absolute Gasteiger partial charge is 0.240 e. The molecule has 2 aliphatic rings. The maximum absolute atomic E-state index is 12.6. The van der Waals surface area contributed by atoms with Gasteiger partial charge in [-0.2, -0.15) is 0 Å². The fourth-order valence-corrected chi connectivity index (χ4v) is 4.26. The number of nitrogens with two attached hydrogens (primary N) is 1. The Morgan fingerprint density at radius 1 is 1.16 bits per heavy atom. The lowest BCUT2D eigenvalue weighted by atomic mass is 9.82. The largest absolute Gasteiger partial charge is 0.350 e. The fourth-order valence-electron chi connectivity index (χ4n) is 4.26. The van der Waals surface area contributed by atoms with Crippen molar-refractivity contribution in [2.75, 3.05) is 6.54 Å². The monoisotopic (exact) mass is 343 g/mol. The highest BCUT2D eigenvalue weighted by atomic mass is 16.2. The van der Waals surface area contributed by atoms with Gasteiger partial charge in [-0.05, 0) is 50.3 Å². The van der Waals surface area contributed by atoms with Crippen LogP contribution in [0.4, 0.5) is 0 Å². The molecule has 4 heteroatoms. The Labute approximate surface area is 152 Å². The van der Waals surface area contributed by atoms with Gasteiger partial charge in [0.05, 0.1) is 5.54 Å². The average Bonchev–Trinajstić information content (AvgIpc) is 2.63. The molecule has 1 aromatic carbocycles. The number of amides is 1. The summed E-state index contributed by atoms with van der Waals surface area (Å²) in [6.45, 7) is 5.05. The van der Waals surface area contributed by atoms with Gasteiger partial charge >= 0.3 is 0 Å². The van der Waals surface area contributed by atoms with Crippen molar-refractivity contribution >= 4 is 5.91 Å². The van der Waals surface area contributed by atoms with Gasteiger partial charge in [-0.25, -0.2) is 0 Å². The predicted molar refractivity (Wildman–Crippen MR) is 102 cm³/mol. The van der Waals surface area contributed by atoms with Gasteiger partial charge in [-0.3, -0.25) is 9.69 Å². The molecule has 3 N–H and O–H groups in total. The third kappa shape index (κ3) is 4.62. The molecule has 1 amide bonds. The molecule has 1 heterocycles. The summed E-state index contributed by atoms with van der Waals surface area (Å²) in [5.41, 5.74) is 8.23. The first kappa shape index (κ1) is 18.4. The Morgan fingerprint density at radius 3 is 2.60 bits per heavy atom. The third-order valence-corrected chi connectivity index (χ3v) is 6.07. The van der Waals surface area contributed by atoms with Crippen molar-refractivity contribution in [3.05, 3.63) is 35.4 Å². The number of nitrogens with zero attached hydrogens (tertiary/aromatic N) is 1. The second-order valence-electron chi connectivity index (χ2n) is 7.98. The van der Waals surface area contributed by atoms with E-state index in [-0.39, 0.29) is 5.91 Å². The van der Waals surface area contributed by atoms with Crippen molar-refractivity contribution in [2.45, 2.75) is 83.0 Å². The van der Waals surface area contributed by atoms with Gasteiger partial charge in [0.25, 0.3) is 0 Å². The van der Waals surface area contributed by atoms with Crippen LogP contribution in [0.5, 0.6) is 0 Å². The first-order valence-electron chi connectivity index (χ1n) is 9.96. The van der Waals surface area contributed by atoms with E-state index >= 15 is 0 Å². The van der Waals surface area contributed by atoms with E-state index in [0.717, 1.165) is 32.2 Å². The standard InChI is InChI=1S/C21H33N3O/c1-17-9-5-8-14-24(17)16-19-11-4-3-10-18(19)15-23-20(25)21(22)12-6-2-7-13-21/h3-4,10-11,17H,2,5-9,12-16,22H2,1H3,(H,23,25). The van der Waals surface area contributed by atoms with Crippen LogP contribution in [0.25, 0.3) is 0 Å². The van der Waals surface area contributed by atoms with E-state index in [4.69, 9.17) is 5.73 Å². The van der Waals surface area contributed by atoms with Crippen LogP contribution in [0.2, 0.25) is 0 Å². The summed E-state index contributed by atoms with van der Waals surface area (Å²) in [7, 11) is 0. The maximum atomic E-state index is 12.6. The van der Waals surface area contributed by atoms with Crippen LogP contribution in [-0.2, 0) is 17.9 Å². The third-order valence-electron chi connectivity index (χ3n) is 6.07. The summed E-state index contributed by atoms with van der Waals surface area (Å²) in [6.07, 6.45) is 8.86. The zero-order valence-corrected chi connectivity index (χ0v) is 15.6. The molecule has 2 fully saturated rings. The molecule has 1 saturated carbocycles. The van der Waals surface area contributed by atoms with Crippen LogP contribution in [0.15, 0.2) is 24.3 Å². The van der Waals surface area contributed by atoms with Crippen molar-refractivity contribution in [1.82, 2.24) is 10.2 Å². The molecule has 3 rings (SSSR count). The Balaban J connectivity index is 1.61. The lowest BCUT2D eigenvalue weighted by Crippen LogP contribution is -2.54. The first-order chi connectivity index (χ1) is 12.1. The zero-order chi connectivity index (χ0) is 17.7. The molecule has 1 unspecified atom stereocenters. The molecule has 1 aliphatic heterocycles. The Hall–Kier alpha value is -1.39. The molecular weight excluding hydrogens is 310 g/mol.